The quantitative estimate of drug-likeness (QED) is 0.459. The number of halogens is 1. The number of piperidine rings is 1. The molecule has 190 valence electrons. The lowest BCUT2D eigenvalue weighted by Crippen LogP contribution is -2.42. The molecule has 1 aromatic carbocycles. The Kier molecular flexibility index (Phi) is 7.02. The van der Waals surface area contributed by atoms with Crippen molar-refractivity contribution in [3.8, 4) is 0 Å². The third-order valence-corrected chi connectivity index (χ3v) is 5.99. The van der Waals surface area contributed by atoms with Crippen LogP contribution in [-0.2, 0) is 4.74 Å². The Labute approximate surface area is 211 Å². The number of aromatic nitrogens is 3. The van der Waals surface area contributed by atoms with E-state index >= 15 is 0 Å². The van der Waals surface area contributed by atoms with Crippen LogP contribution in [0.25, 0.3) is 5.65 Å². The summed E-state index contributed by atoms with van der Waals surface area (Å²) in [7, 11) is 0. The van der Waals surface area contributed by atoms with Crippen LogP contribution in [0.3, 0.4) is 0 Å². The molecule has 2 aromatic heterocycles. The summed E-state index contributed by atoms with van der Waals surface area (Å²) in [4.78, 5) is 54.1. The van der Waals surface area contributed by atoms with Gasteiger partial charge in [0, 0.05) is 35.7 Å². The second kappa shape index (κ2) is 10.0. The minimum Gasteiger partial charge on any atom is -0.444 e. The Bertz CT molecular complexity index is 1350. The van der Waals surface area contributed by atoms with Crippen LogP contribution < -0.4 is 16.4 Å². The molecule has 0 atom stereocenters. The van der Waals surface area contributed by atoms with E-state index < -0.39 is 17.4 Å². The van der Waals surface area contributed by atoms with Gasteiger partial charge < -0.3 is 14.6 Å². The van der Waals surface area contributed by atoms with Crippen LogP contribution in [0.1, 0.15) is 65.9 Å². The Balaban J connectivity index is 1.47. The number of ether oxygens (including phenoxy) is 1. The smallest absolute Gasteiger partial charge is 0.410 e. The zero-order chi connectivity index (χ0) is 26.0. The highest BCUT2D eigenvalue weighted by molar-refractivity contribution is 6.30. The van der Waals surface area contributed by atoms with Crippen LogP contribution in [0.4, 0.5) is 4.79 Å². The van der Waals surface area contributed by atoms with Gasteiger partial charge in [-0.2, -0.15) is 5.10 Å². The van der Waals surface area contributed by atoms with Crippen molar-refractivity contribution in [3.05, 3.63) is 68.7 Å². The van der Waals surface area contributed by atoms with Gasteiger partial charge in [0.1, 0.15) is 16.8 Å². The van der Waals surface area contributed by atoms with Crippen molar-refractivity contribution in [2.24, 2.45) is 0 Å². The summed E-state index contributed by atoms with van der Waals surface area (Å²) >= 11 is 5.83. The van der Waals surface area contributed by atoms with Gasteiger partial charge in [-0.05, 0) is 57.9 Å². The van der Waals surface area contributed by atoms with E-state index in [0.29, 0.717) is 42.2 Å². The number of H-pyrrole nitrogens is 1. The normalized spacial score (nSPS) is 14.5. The molecule has 0 spiro atoms. The number of carbonyl (C=O) groups is 3. The summed E-state index contributed by atoms with van der Waals surface area (Å²) in [6.45, 7) is 6.40. The van der Waals surface area contributed by atoms with Gasteiger partial charge in [0.25, 0.3) is 17.4 Å². The fourth-order valence-corrected chi connectivity index (χ4v) is 4.13. The number of aromatic amines is 1. The Morgan fingerprint density at radius 1 is 1.08 bits per heavy atom. The Morgan fingerprint density at radius 3 is 2.36 bits per heavy atom. The summed E-state index contributed by atoms with van der Waals surface area (Å²) in [6, 6.07) is 7.63. The second-order valence-electron chi connectivity index (χ2n) is 9.53. The summed E-state index contributed by atoms with van der Waals surface area (Å²) in [5.41, 5.74) is 4.98. The van der Waals surface area contributed by atoms with E-state index in [2.05, 4.69) is 20.9 Å². The Hall–Kier alpha value is -3.86. The van der Waals surface area contributed by atoms with Gasteiger partial charge in [0.15, 0.2) is 0 Å². The molecule has 1 aliphatic rings. The fraction of sp³-hybridized carbons (Fsp3) is 0.375. The SMILES string of the molecule is CC(C)(C)OC(=O)N1CCC(c2cc(=O)[nH]c3c(C(=O)NNC(=O)c4ccc(Cl)cc4)cnn23)CC1. The summed E-state index contributed by atoms with van der Waals surface area (Å²) in [5.74, 6) is -1.21. The molecular weight excluding hydrogens is 488 g/mol. The van der Waals surface area contributed by atoms with Crippen LogP contribution in [0.15, 0.2) is 41.3 Å². The molecule has 3 heterocycles. The number of hydrogen-bond donors (Lipinski definition) is 3. The van der Waals surface area contributed by atoms with Crippen LogP contribution >= 0.6 is 11.6 Å². The molecule has 0 saturated carbocycles. The summed E-state index contributed by atoms with van der Waals surface area (Å²) < 4.78 is 6.96. The van der Waals surface area contributed by atoms with Crippen molar-refractivity contribution >= 4 is 35.2 Å². The first-order valence-electron chi connectivity index (χ1n) is 11.5. The molecule has 4 rings (SSSR count). The molecule has 0 bridgehead atoms. The highest BCUT2D eigenvalue weighted by Gasteiger charge is 2.29. The average Bonchev–Trinajstić information content (AvgIpc) is 3.25. The topological polar surface area (TPSA) is 138 Å². The molecule has 0 unspecified atom stereocenters. The molecule has 1 fully saturated rings. The third-order valence-electron chi connectivity index (χ3n) is 5.74. The van der Waals surface area contributed by atoms with Crippen molar-refractivity contribution in [1.29, 1.82) is 0 Å². The number of hydrazine groups is 1. The summed E-state index contributed by atoms with van der Waals surface area (Å²) in [5, 5.41) is 4.79. The van der Waals surface area contributed by atoms with Crippen molar-refractivity contribution in [1.82, 2.24) is 30.3 Å². The monoisotopic (exact) mass is 514 g/mol. The predicted octanol–water partition coefficient (Wildman–Crippen LogP) is 2.87. The van der Waals surface area contributed by atoms with Crippen LogP contribution in [0.2, 0.25) is 5.02 Å². The van der Waals surface area contributed by atoms with E-state index in [1.165, 1.54) is 28.9 Å². The van der Waals surface area contributed by atoms with E-state index in [1.807, 2.05) is 20.8 Å². The number of benzene rings is 1. The van der Waals surface area contributed by atoms with Gasteiger partial charge in [-0.1, -0.05) is 11.6 Å². The van der Waals surface area contributed by atoms with Crippen LogP contribution in [0, 0.1) is 0 Å². The van der Waals surface area contributed by atoms with Gasteiger partial charge >= 0.3 is 6.09 Å². The molecule has 0 aliphatic carbocycles. The average molecular weight is 515 g/mol. The van der Waals surface area contributed by atoms with E-state index in [-0.39, 0.29) is 28.8 Å². The van der Waals surface area contributed by atoms with Crippen molar-refractivity contribution in [2.45, 2.75) is 45.1 Å². The molecule has 12 heteroatoms. The molecule has 1 aliphatic heterocycles. The number of carbonyl (C=O) groups excluding carboxylic acids is 3. The fourth-order valence-electron chi connectivity index (χ4n) is 4.01. The first-order valence-corrected chi connectivity index (χ1v) is 11.8. The highest BCUT2D eigenvalue weighted by atomic mass is 35.5. The Morgan fingerprint density at radius 2 is 1.72 bits per heavy atom. The maximum Gasteiger partial charge on any atom is 0.410 e. The van der Waals surface area contributed by atoms with E-state index in [4.69, 9.17) is 16.3 Å². The molecule has 11 nitrogen and oxygen atoms in total. The van der Waals surface area contributed by atoms with Crippen LogP contribution in [0.5, 0.6) is 0 Å². The number of hydrogen-bond acceptors (Lipinski definition) is 6. The molecule has 3 N–H and O–H groups in total. The molecular formula is C24H27ClN6O5. The summed E-state index contributed by atoms with van der Waals surface area (Å²) in [6.07, 6.45) is 2.18. The lowest BCUT2D eigenvalue weighted by molar-refractivity contribution is 0.0203. The number of amides is 3. The molecule has 1 saturated heterocycles. The molecule has 0 radical (unpaired) electrons. The number of likely N-dealkylation sites (tertiary alicyclic amines) is 1. The number of rotatable bonds is 3. The van der Waals surface area contributed by atoms with E-state index in [9.17, 15) is 19.2 Å². The minimum atomic E-state index is -0.639. The van der Waals surface area contributed by atoms with E-state index in [1.54, 1.807) is 17.0 Å². The predicted molar refractivity (Wildman–Crippen MR) is 132 cm³/mol. The maximum atomic E-state index is 12.8. The first kappa shape index (κ1) is 25.2. The maximum absolute atomic E-state index is 12.8. The van der Waals surface area contributed by atoms with Gasteiger partial charge in [0.2, 0.25) is 0 Å². The minimum absolute atomic E-state index is 0.0473. The van der Waals surface area contributed by atoms with Gasteiger partial charge in [-0.3, -0.25) is 25.2 Å². The van der Waals surface area contributed by atoms with Crippen molar-refractivity contribution in [3.63, 3.8) is 0 Å². The largest absolute Gasteiger partial charge is 0.444 e. The van der Waals surface area contributed by atoms with Gasteiger partial charge in [-0.15, -0.1) is 0 Å². The highest BCUT2D eigenvalue weighted by Crippen LogP contribution is 2.28. The third kappa shape index (κ3) is 5.68. The molecule has 3 aromatic rings. The van der Waals surface area contributed by atoms with Crippen LogP contribution in [-0.4, -0.2) is 56.1 Å². The van der Waals surface area contributed by atoms with Gasteiger partial charge in [0.05, 0.1) is 11.9 Å². The zero-order valence-corrected chi connectivity index (χ0v) is 20.9. The number of nitrogens with zero attached hydrogens (tertiary/aromatic N) is 3. The first-order chi connectivity index (χ1) is 17.0. The van der Waals surface area contributed by atoms with Crippen molar-refractivity contribution < 1.29 is 19.1 Å². The van der Waals surface area contributed by atoms with Crippen molar-refractivity contribution in [2.75, 3.05) is 13.1 Å². The zero-order valence-electron chi connectivity index (χ0n) is 20.1. The molecule has 36 heavy (non-hydrogen) atoms. The lowest BCUT2D eigenvalue weighted by Gasteiger charge is -2.33. The standard InChI is InChI=1S/C24H27ClN6O5/c1-24(2,3)36-23(35)30-10-8-14(9-11-30)18-12-19(32)27-20-17(13-26-31(18)20)22(34)29-28-21(33)15-4-6-16(25)7-5-15/h4-7,12-14H,8-11H2,1-3H3,(H,27,32)(H,28,33)(H,29,34). The number of fused-ring (bicyclic) bond motifs is 1. The van der Waals surface area contributed by atoms with Gasteiger partial charge in [-0.25, -0.2) is 9.31 Å². The van der Waals surface area contributed by atoms with E-state index in [0.717, 1.165) is 0 Å². The molecule has 3 amide bonds. The lowest BCUT2D eigenvalue weighted by atomic mass is 9.93. The number of nitrogens with one attached hydrogen (secondary N) is 3. The second-order valence-corrected chi connectivity index (χ2v) is 9.97.